The molecule has 6 nitrogen and oxygen atoms in total. The van der Waals surface area contributed by atoms with Gasteiger partial charge in [-0.1, -0.05) is 24.6 Å². The molecule has 0 spiro atoms. The monoisotopic (exact) mass is 320 g/mol. The van der Waals surface area contributed by atoms with Gasteiger partial charge in [-0.3, -0.25) is 19.3 Å². The van der Waals surface area contributed by atoms with Crippen molar-refractivity contribution in [2.24, 2.45) is 0 Å². The highest BCUT2D eigenvalue weighted by Crippen LogP contribution is 2.10. The fraction of sp³-hybridized carbons (Fsp3) is 0.529. The van der Waals surface area contributed by atoms with E-state index in [0.29, 0.717) is 12.1 Å². The third-order valence-electron chi connectivity index (χ3n) is 3.71. The fourth-order valence-corrected chi connectivity index (χ4v) is 2.64. The quantitative estimate of drug-likeness (QED) is 0.612. The highest BCUT2D eigenvalue weighted by atomic mass is 16.7. The van der Waals surface area contributed by atoms with Crippen LogP contribution in [0.1, 0.15) is 36.5 Å². The molecule has 1 aliphatic heterocycles. The molecule has 1 unspecified atom stereocenters. The van der Waals surface area contributed by atoms with Gasteiger partial charge in [0.1, 0.15) is 12.7 Å². The number of ether oxygens (including phenoxy) is 1. The molecule has 1 atom stereocenters. The zero-order valence-electron chi connectivity index (χ0n) is 13.5. The lowest BCUT2D eigenvalue weighted by molar-refractivity contribution is -0.152. The van der Waals surface area contributed by atoms with Crippen LogP contribution >= 0.6 is 0 Å². The number of hydrogen-bond donors (Lipinski definition) is 1. The normalized spacial score (nSPS) is 16.6. The number of rotatable bonds is 7. The summed E-state index contributed by atoms with van der Waals surface area (Å²) in [6.45, 7) is 4.16. The summed E-state index contributed by atoms with van der Waals surface area (Å²) < 4.78 is 5.28. The van der Waals surface area contributed by atoms with Gasteiger partial charge in [-0.15, -0.1) is 0 Å². The lowest BCUT2D eigenvalue weighted by Gasteiger charge is -2.29. The highest BCUT2D eigenvalue weighted by molar-refractivity contribution is 5.93. The Balaban J connectivity index is 1.78. The molecule has 0 aliphatic carbocycles. The Labute approximate surface area is 136 Å². The number of nitrogens with one attached hydrogen (secondary N) is 1. The minimum atomic E-state index is -0.387. The van der Waals surface area contributed by atoms with Crippen LogP contribution in [-0.4, -0.2) is 49.1 Å². The first-order valence-electron chi connectivity index (χ1n) is 8.02. The van der Waals surface area contributed by atoms with Crippen LogP contribution in [0.5, 0.6) is 0 Å². The number of carbonyl (C=O) groups is 2. The number of benzene rings is 1. The van der Waals surface area contributed by atoms with E-state index in [1.807, 2.05) is 6.07 Å². The van der Waals surface area contributed by atoms with Gasteiger partial charge in [0.15, 0.2) is 0 Å². The summed E-state index contributed by atoms with van der Waals surface area (Å²) in [5.41, 5.74) is 2.91. The van der Waals surface area contributed by atoms with Gasteiger partial charge in [-0.05, 0) is 38.1 Å². The maximum Gasteiger partial charge on any atom is 0.303 e. The first-order valence-corrected chi connectivity index (χ1v) is 8.02. The number of hydroxylamine groups is 1. The maximum absolute atomic E-state index is 11.9. The number of amides is 1. The van der Waals surface area contributed by atoms with E-state index >= 15 is 0 Å². The standard InChI is InChI=1S/C17H24N2O4/c1-14(20)23-16(12-19-10-6-3-7-11-19)13-22-18-17(21)15-8-4-2-5-9-15/h2,4-5,8-9,16H,3,6-7,10-13H2,1H3,(H,18,21). The topological polar surface area (TPSA) is 67.9 Å². The van der Waals surface area contributed by atoms with Gasteiger partial charge in [0.25, 0.3) is 5.91 Å². The van der Waals surface area contributed by atoms with E-state index in [0.717, 1.165) is 13.1 Å². The molecule has 0 saturated carbocycles. The predicted molar refractivity (Wildman–Crippen MR) is 85.7 cm³/mol. The van der Waals surface area contributed by atoms with Crippen LogP contribution in [0.25, 0.3) is 0 Å². The van der Waals surface area contributed by atoms with Gasteiger partial charge in [0, 0.05) is 19.0 Å². The molecule has 1 saturated heterocycles. The third kappa shape index (κ3) is 6.38. The Kier molecular flexibility index (Phi) is 7.03. The van der Waals surface area contributed by atoms with E-state index in [2.05, 4.69) is 10.4 Å². The minimum Gasteiger partial charge on any atom is -0.459 e. The molecule has 2 rings (SSSR count). The van der Waals surface area contributed by atoms with Crippen LogP contribution in [0, 0.1) is 0 Å². The van der Waals surface area contributed by atoms with Gasteiger partial charge < -0.3 is 4.74 Å². The van der Waals surface area contributed by atoms with Crippen molar-refractivity contribution in [3.8, 4) is 0 Å². The van der Waals surface area contributed by atoms with Crippen molar-refractivity contribution in [1.29, 1.82) is 0 Å². The summed E-state index contributed by atoms with van der Waals surface area (Å²) >= 11 is 0. The van der Waals surface area contributed by atoms with E-state index in [-0.39, 0.29) is 24.6 Å². The molecule has 1 amide bonds. The number of esters is 1. The van der Waals surface area contributed by atoms with Crippen LogP contribution in [0.4, 0.5) is 0 Å². The highest BCUT2D eigenvalue weighted by Gasteiger charge is 2.19. The number of carbonyl (C=O) groups excluding carboxylic acids is 2. The van der Waals surface area contributed by atoms with Crippen LogP contribution in [-0.2, 0) is 14.4 Å². The predicted octanol–water partition coefficient (Wildman–Crippen LogP) is 1.77. The Bertz CT molecular complexity index is 501. The lowest BCUT2D eigenvalue weighted by Crippen LogP contribution is -2.41. The largest absolute Gasteiger partial charge is 0.459 e. The zero-order chi connectivity index (χ0) is 16.5. The van der Waals surface area contributed by atoms with Crippen LogP contribution in [0.2, 0.25) is 0 Å². The summed E-state index contributed by atoms with van der Waals surface area (Å²) in [5.74, 6) is -0.657. The average Bonchev–Trinajstić information content (AvgIpc) is 2.56. The molecule has 0 radical (unpaired) electrons. The smallest absolute Gasteiger partial charge is 0.303 e. The number of likely N-dealkylation sites (tertiary alicyclic amines) is 1. The molecular weight excluding hydrogens is 296 g/mol. The van der Waals surface area contributed by atoms with Crippen molar-refractivity contribution < 1.29 is 19.2 Å². The van der Waals surface area contributed by atoms with E-state index in [1.165, 1.54) is 26.2 Å². The summed E-state index contributed by atoms with van der Waals surface area (Å²) in [7, 11) is 0. The SMILES string of the molecule is CC(=O)OC(CONC(=O)c1ccccc1)CN1CCCCC1. The molecule has 1 aliphatic rings. The molecule has 126 valence electrons. The Hall–Kier alpha value is -1.92. The minimum absolute atomic E-state index is 0.134. The first kappa shape index (κ1) is 17.4. The molecule has 1 fully saturated rings. The van der Waals surface area contributed by atoms with Crippen molar-refractivity contribution in [2.75, 3.05) is 26.2 Å². The third-order valence-corrected chi connectivity index (χ3v) is 3.71. The summed E-state index contributed by atoms with van der Waals surface area (Å²) in [6, 6.07) is 8.82. The average molecular weight is 320 g/mol. The molecule has 6 heteroatoms. The van der Waals surface area contributed by atoms with E-state index in [9.17, 15) is 9.59 Å². The summed E-state index contributed by atoms with van der Waals surface area (Å²) in [5, 5.41) is 0. The second kappa shape index (κ2) is 9.27. The number of hydrogen-bond acceptors (Lipinski definition) is 5. The van der Waals surface area contributed by atoms with Crippen molar-refractivity contribution in [1.82, 2.24) is 10.4 Å². The Morgan fingerprint density at radius 1 is 1.17 bits per heavy atom. The van der Waals surface area contributed by atoms with Gasteiger partial charge in [0.05, 0.1) is 0 Å². The molecule has 23 heavy (non-hydrogen) atoms. The van der Waals surface area contributed by atoms with E-state index < -0.39 is 0 Å². The molecule has 1 aromatic carbocycles. The van der Waals surface area contributed by atoms with Crippen molar-refractivity contribution in [2.45, 2.75) is 32.3 Å². The molecule has 1 aromatic rings. The summed E-state index contributed by atoms with van der Waals surface area (Å²) in [4.78, 5) is 30.6. The van der Waals surface area contributed by atoms with Gasteiger partial charge >= 0.3 is 5.97 Å². The van der Waals surface area contributed by atoms with E-state index in [4.69, 9.17) is 9.57 Å². The number of nitrogens with zero attached hydrogens (tertiary/aromatic N) is 1. The van der Waals surface area contributed by atoms with E-state index in [1.54, 1.807) is 24.3 Å². The molecule has 0 aromatic heterocycles. The zero-order valence-corrected chi connectivity index (χ0v) is 13.5. The van der Waals surface area contributed by atoms with Crippen molar-refractivity contribution >= 4 is 11.9 Å². The van der Waals surface area contributed by atoms with Crippen LogP contribution < -0.4 is 5.48 Å². The Morgan fingerprint density at radius 3 is 2.52 bits per heavy atom. The van der Waals surface area contributed by atoms with Crippen LogP contribution in [0.15, 0.2) is 30.3 Å². The molecular formula is C17H24N2O4. The fourth-order valence-electron chi connectivity index (χ4n) is 2.64. The van der Waals surface area contributed by atoms with Crippen molar-refractivity contribution in [3.63, 3.8) is 0 Å². The molecule has 1 heterocycles. The maximum atomic E-state index is 11.9. The Morgan fingerprint density at radius 2 is 1.87 bits per heavy atom. The van der Waals surface area contributed by atoms with Crippen molar-refractivity contribution in [3.05, 3.63) is 35.9 Å². The van der Waals surface area contributed by atoms with Crippen LogP contribution in [0.3, 0.4) is 0 Å². The van der Waals surface area contributed by atoms with Gasteiger partial charge in [-0.2, -0.15) is 0 Å². The van der Waals surface area contributed by atoms with Gasteiger partial charge in [-0.25, -0.2) is 5.48 Å². The molecule has 0 bridgehead atoms. The first-order chi connectivity index (χ1) is 11.1. The number of piperidine rings is 1. The van der Waals surface area contributed by atoms with Gasteiger partial charge in [0.2, 0.25) is 0 Å². The second-order valence-corrected chi connectivity index (χ2v) is 5.70. The lowest BCUT2D eigenvalue weighted by atomic mass is 10.1. The molecule has 1 N–H and O–H groups in total. The summed E-state index contributed by atoms with van der Waals surface area (Å²) in [6.07, 6.45) is 3.19. The second-order valence-electron chi connectivity index (χ2n) is 5.70.